The number of aldehydes is 1. The molecule has 0 aliphatic carbocycles. The third kappa shape index (κ3) is 2.50. The lowest BCUT2D eigenvalue weighted by molar-refractivity contribution is 0.100. The summed E-state index contributed by atoms with van der Waals surface area (Å²) in [6.45, 7) is 2.11. The second-order valence-electron chi connectivity index (χ2n) is 3.95. The highest BCUT2D eigenvalue weighted by Crippen LogP contribution is 2.11. The number of carbonyl (C=O) groups is 2. The van der Waals surface area contributed by atoms with E-state index in [0.29, 0.717) is 17.8 Å². The molecule has 86 valence electrons. The molecule has 0 N–H and O–H groups in total. The number of carbonyl (C=O) groups excluding carboxylic acids is 2. The molecule has 0 bridgehead atoms. The van der Waals surface area contributed by atoms with E-state index in [1.165, 1.54) is 6.92 Å². The van der Waals surface area contributed by atoms with E-state index in [0.717, 1.165) is 11.8 Å². The van der Waals surface area contributed by atoms with Gasteiger partial charge in [0, 0.05) is 25.2 Å². The normalized spacial score (nSPS) is 10.2. The first-order valence-corrected chi connectivity index (χ1v) is 5.41. The van der Waals surface area contributed by atoms with Gasteiger partial charge in [-0.1, -0.05) is 30.3 Å². The Morgan fingerprint density at radius 1 is 1.29 bits per heavy atom. The van der Waals surface area contributed by atoms with Crippen LogP contribution in [0.3, 0.4) is 0 Å². The van der Waals surface area contributed by atoms with Crippen LogP contribution in [-0.2, 0) is 6.54 Å². The molecule has 0 amide bonds. The number of nitrogens with zero attached hydrogens (tertiary/aromatic N) is 1. The second-order valence-corrected chi connectivity index (χ2v) is 3.95. The van der Waals surface area contributed by atoms with Gasteiger partial charge in [-0.25, -0.2) is 0 Å². The van der Waals surface area contributed by atoms with Crippen molar-refractivity contribution >= 4 is 12.1 Å². The van der Waals surface area contributed by atoms with Crippen LogP contribution in [0.25, 0.3) is 0 Å². The van der Waals surface area contributed by atoms with Gasteiger partial charge in [-0.3, -0.25) is 9.59 Å². The Bertz CT molecular complexity index is 541. The van der Waals surface area contributed by atoms with Crippen molar-refractivity contribution in [2.24, 2.45) is 0 Å². The van der Waals surface area contributed by atoms with Gasteiger partial charge in [-0.05, 0) is 11.6 Å². The molecule has 0 saturated carbocycles. The minimum Gasteiger partial charge on any atom is -0.340 e. The third-order valence-corrected chi connectivity index (χ3v) is 2.61. The molecule has 3 nitrogen and oxygen atoms in total. The molecule has 17 heavy (non-hydrogen) atoms. The fourth-order valence-corrected chi connectivity index (χ4v) is 1.81. The Balaban J connectivity index is 2.35. The molecular weight excluding hydrogens is 214 g/mol. The van der Waals surface area contributed by atoms with Crippen molar-refractivity contribution in [1.29, 1.82) is 0 Å². The highest BCUT2D eigenvalue weighted by Gasteiger charge is 2.09. The van der Waals surface area contributed by atoms with Crippen LogP contribution >= 0.6 is 0 Å². The Hall–Kier alpha value is -2.16. The first-order valence-electron chi connectivity index (χ1n) is 5.41. The first-order chi connectivity index (χ1) is 8.20. The summed E-state index contributed by atoms with van der Waals surface area (Å²) >= 11 is 0. The van der Waals surface area contributed by atoms with Crippen LogP contribution in [-0.4, -0.2) is 16.6 Å². The van der Waals surface area contributed by atoms with E-state index in [2.05, 4.69) is 0 Å². The maximum absolute atomic E-state index is 11.4. The quantitative estimate of drug-likeness (QED) is 0.594. The Morgan fingerprint density at radius 3 is 2.59 bits per heavy atom. The van der Waals surface area contributed by atoms with E-state index in [1.54, 1.807) is 16.8 Å². The molecular formula is C14H13NO2. The standard InChI is InChI=1S/C14H13NO2/c1-11(17)14-7-13(10-16)9-15(14)8-12-5-3-2-4-6-12/h2-7,9-10H,8H2,1H3. The number of hydrogen-bond acceptors (Lipinski definition) is 2. The van der Waals surface area contributed by atoms with Crippen LogP contribution in [0.5, 0.6) is 0 Å². The summed E-state index contributed by atoms with van der Waals surface area (Å²) in [7, 11) is 0. The van der Waals surface area contributed by atoms with Crippen LogP contribution in [0.4, 0.5) is 0 Å². The van der Waals surface area contributed by atoms with E-state index >= 15 is 0 Å². The summed E-state index contributed by atoms with van der Waals surface area (Å²) < 4.78 is 1.81. The molecule has 1 aromatic carbocycles. The molecule has 0 unspecified atom stereocenters. The summed E-state index contributed by atoms with van der Waals surface area (Å²) in [6.07, 6.45) is 2.46. The van der Waals surface area contributed by atoms with Gasteiger partial charge >= 0.3 is 0 Å². The molecule has 0 radical (unpaired) electrons. The largest absolute Gasteiger partial charge is 0.340 e. The summed E-state index contributed by atoms with van der Waals surface area (Å²) in [4.78, 5) is 22.2. The topological polar surface area (TPSA) is 39.1 Å². The minimum absolute atomic E-state index is 0.0333. The van der Waals surface area contributed by atoms with Gasteiger partial charge in [0.15, 0.2) is 12.1 Å². The zero-order chi connectivity index (χ0) is 12.3. The Morgan fingerprint density at radius 2 is 2.00 bits per heavy atom. The van der Waals surface area contributed by atoms with Crippen molar-refractivity contribution in [3.8, 4) is 0 Å². The van der Waals surface area contributed by atoms with Crippen molar-refractivity contribution in [3.05, 3.63) is 59.4 Å². The SMILES string of the molecule is CC(=O)c1cc(C=O)cn1Cc1ccccc1. The van der Waals surface area contributed by atoms with E-state index in [4.69, 9.17) is 0 Å². The lowest BCUT2D eigenvalue weighted by atomic mass is 10.2. The summed E-state index contributed by atoms with van der Waals surface area (Å²) in [5, 5.41) is 0. The zero-order valence-corrected chi connectivity index (χ0v) is 9.59. The van der Waals surface area contributed by atoms with Gasteiger partial charge < -0.3 is 4.57 Å². The van der Waals surface area contributed by atoms with Crippen LogP contribution in [0.1, 0.15) is 33.3 Å². The summed E-state index contributed by atoms with van der Waals surface area (Å²) in [6, 6.07) is 11.5. The third-order valence-electron chi connectivity index (χ3n) is 2.61. The van der Waals surface area contributed by atoms with Crippen LogP contribution in [0.2, 0.25) is 0 Å². The molecule has 0 aliphatic heterocycles. The monoisotopic (exact) mass is 227 g/mol. The van der Waals surface area contributed by atoms with E-state index in [9.17, 15) is 9.59 Å². The van der Waals surface area contributed by atoms with E-state index in [-0.39, 0.29) is 5.78 Å². The Kier molecular flexibility index (Phi) is 3.19. The maximum atomic E-state index is 11.4. The average Bonchev–Trinajstić information content (AvgIpc) is 2.74. The summed E-state index contributed by atoms with van der Waals surface area (Å²) in [5.41, 5.74) is 2.20. The van der Waals surface area contributed by atoms with Crippen LogP contribution < -0.4 is 0 Å². The first kappa shape index (κ1) is 11.3. The molecule has 2 aromatic rings. The predicted molar refractivity (Wildman–Crippen MR) is 65.4 cm³/mol. The number of Topliss-reactive ketones (excluding diaryl/α,β-unsaturated/α-hetero) is 1. The summed E-state index contributed by atoms with van der Waals surface area (Å²) in [5.74, 6) is -0.0333. The number of rotatable bonds is 4. The number of ketones is 1. The van der Waals surface area contributed by atoms with Crippen molar-refractivity contribution in [3.63, 3.8) is 0 Å². The molecule has 0 spiro atoms. The maximum Gasteiger partial charge on any atom is 0.176 e. The van der Waals surface area contributed by atoms with E-state index in [1.807, 2.05) is 30.3 Å². The highest BCUT2D eigenvalue weighted by atomic mass is 16.1. The molecule has 1 aromatic heterocycles. The molecule has 0 fully saturated rings. The van der Waals surface area contributed by atoms with Gasteiger partial charge in [0.2, 0.25) is 0 Å². The lowest BCUT2D eigenvalue weighted by Crippen LogP contribution is -2.06. The number of benzene rings is 1. The van der Waals surface area contributed by atoms with Gasteiger partial charge in [0.05, 0.1) is 5.69 Å². The molecule has 0 atom stereocenters. The van der Waals surface area contributed by atoms with Crippen molar-refractivity contribution < 1.29 is 9.59 Å². The van der Waals surface area contributed by atoms with Crippen LogP contribution in [0.15, 0.2) is 42.6 Å². The van der Waals surface area contributed by atoms with Gasteiger partial charge in [0.25, 0.3) is 0 Å². The van der Waals surface area contributed by atoms with Gasteiger partial charge in [-0.15, -0.1) is 0 Å². The molecule has 3 heteroatoms. The number of aromatic nitrogens is 1. The minimum atomic E-state index is -0.0333. The molecule has 2 rings (SSSR count). The predicted octanol–water partition coefficient (Wildman–Crippen LogP) is 2.55. The molecule has 0 saturated heterocycles. The van der Waals surface area contributed by atoms with E-state index < -0.39 is 0 Å². The van der Waals surface area contributed by atoms with Crippen molar-refractivity contribution in [2.45, 2.75) is 13.5 Å². The fraction of sp³-hybridized carbons (Fsp3) is 0.143. The van der Waals surface area contributed by atoms with Crippen molar-refractivity contribution in [1.82, 2.24) is 4.57 Å². The van der Waals surface area contributed by atoms with Crippen molar-refractivity contribution in [2.75, 3.05) is 0 Å². The Labute approximate surface area is 99.7 Å². The van der Waals surface area contributed by atoms with Gasteiger partial charge in [0.1, 0.15) is 0 Å². The molecule has 1 heterocycles. The lowest BCUT2D eigenvalue weighted by Gasteiger charge is -2.06. The van der Waals surface area contributed by atoms with Gasteiger partial charge in [-0.2, -0.15) is 0 Å². The zero-order valence-electron chi connectivity index (χ0n) is 9.59. The molecule has 0 aliphatic rings. The average molecular weight is 227 g/mol. The van der Waals surface area contributed by atoms with Crippen LogP contribution in [0, 0.1) is 0 Å². The highest BCUT2D eigenvalue weighted by molar-refractivity contribution is 5.94. The number of hydrogen-bond donors (Lipinski definition) is 0. The second kappa shape index (κ2) is 4.78. The fourth-order valence-electron chi connectivity index (χ4n) is 1.81. The smallest absolute Gasteiger partial charge is 0.176 e.